The summed E-state index contributed by atoms with van der Waals surface area (Å²) in [7, 11) is 0. The highest BCUT2D eigenvalue weighted by Crippen LogP contribution is 2.28. The van der Waals surface area contributed by atoms with E-state index in [4.69, 9.17) is 4.74 Å². The van der Waals surface area contributed by atoms with Gasteiger partial charge >= 0.3 is 0 Å². The van der Waals surface area contributed by atoms with Gasteiger partial charge in [0.05, 0.1) is 12.3 Å². The number of ether oxygens (including phenoxy) is 1. The van der Waals surface area contributed by atoms with Gasteiger partial charge in [-0.15, -0.1) is 0 Å². The van der Waals surface area contributed by atoms with Crippen molar-refractivity contribution in [2.45, 2.75) is 58.8 Å². The lowest BCUT2D eigenvalue weighted by molar-refractivity contribution is 0.157. The molecule has 0 aromatic heterocycles. The largest absolute Gasteiger partial charge is 0.508 e. The number of aliphatic hydroxyl groups excluding tert-OH is 2. The third-order valence-corrected chi connectivity index (χ3v) is 4.64. The van der Waals surface area contributed by atoms with E-state index in [0.29, 0.717) is 6.61 Å². The summed E-state index contributed by atoms with van der Waals surface area (Å²) in [5, 5.41) is 19.6. The van der Waals surface area contributed by atoms with Crippen molar-refractivity contribution >= 4 is 5.71 Å². The van der Waals surface area contributed by atoms with E-state index in [0.717, 1.165) is 42.7 Å². The first-order valence-corrected chi connectivity index (χ1v) is 10.5. The number of aliphatic hydroxyl groups is 2. The molecular formula is C24H39NO4. The maximum Gasteiger partial charge on any atom is 0.134 e. The molecule has 0 fully saturated rings. The molecule has 1 rings (SSSR count). The molecule has 0 saturated heterocycles. The second kappa shape index (κ2) is 17.0. The Morgan fingerprint density at radius 2 is 1.97 bits per heavy atom. The molecule has 1 aliphatic carbocycles. The van der Waals surface area contributed by atoms with E-state index in [2.05, 4.69) is 25.4 Å². The monoisotopic (exact) mass is 405 g/mol. The van der Waals surface area contributed by atoms with Crippen LogP contribution in [0.3, 0.4) is 0 Å². The molecule has 5 nitrogen and oxygen atoms in total. The number of rotatable bonds is 14. The van der Waals surface area contributed by atoms with Gasteiger partial charge in [0.15, 0.2) is 0 Å². The molecule has 5 heteroatoms. The van der Waals surface area contributed by atoms with E-state index >= 15 is 0 Å². The first kappa shape index (κ1) is 27.0. The van der Waals surface area contributed by atoms with Crippen molar-refractivity contribution < 1.29 is 20.4 Å². The SMILES string of the molecule is C=C/C=C(\C=C/COCCCCCCC)C1=CC(O)=CC(CCC)/C1=N\CO.O. The number of hydrogen-bond donors (Lipinski definition) is 2. The van der Waals surface area contributed by atoms with Gasteiger partial charge in [0, 0.05) is 18.1 Å². The topological polar surface area (TPSA) is 93.5 Å². The minimum atomic E-state index is -0.270. The zero-order valence-corrected chi connectivity index (χ0v) is 18.1. The quantitative estimate of drug-likeness (QED) is 0.314. The van der Waals surface area contributed by atoms with E-state index in [1.54, 1.807) is 18.2 Å². The van der Waals surface area contributed by atoms with Gasteiger partial charge in [-0.2, -0.15) is 0 Å². The predicted molar refractivity (Wildman–Crippen MR) is 122 cm³/mol. The predicted octanol–water partition coefficient (Wildman–Crippen LogP) is 5.01. The highest BCUT2D eigenvalue weighted by molar-refractivity contribution is 6.08. The number of unbranched alkanes of at least 4 members (excludes halogenated alkanes) is 4. The Hall–Kier alpha value is -1.95. The number of nitrogens with zero attached hydrogens (tertiary/aromatic N) is 1. The van der Waals surface area contributed by atoms with Gasteiger partial charge in [-0.3, -0.25) is 4.99 Å². The van der Waals surface area contributed by atoms with E-state index in [1.165, 1.54) is 25.7 Å². The standard InChI is InChI=1S/C24H37NO3.H2O/c1-4-7-8-9-10-15-28-16-11-14-20(12-5-2)23-18-22(27)17-21(13-6-3)24(23)25-19-26;/h5,11-12,14,17-18,21,26-27H,2,4,6-10,13,15-16,19H2,1,3H3;1H2/b14-11-,20-12+,25-24+;. The lowest BCUT2D eigenvalue weighted by Crippen LogP contribution is -2.21. The number of aliphatic imine (C=N–C) groups is 1. The van der Waals surface area contributed by atoms with Crippen LogP contribution in [0.5, 0.6) is 0 Å². The van der Waals surface area contributed by atoms with Crippen LogP contribution < -0.4 is 0 Å². The fraction of sp³-hybridized carbons (Fsp3) is 0.542. The van der Waals surface area contributed by atoms with Gasteiger partial charge in [-0.25, -0.2) is 0 Å². The normalized spacial score (nSPS) is 18.5. The van der Waals surface area contributed by atoms with Crippen molar-refractivity contribution in [1.82, 2.24) is 0 Å². The van der Waals surface area contributed by atoms with E-state index in [9.17, 15) is 10.2 Å². The van der Waals surface area contributed by atoms with E-state index < -0.39 is 0 Å². The fourth-order valence-corrected chi connectivity index (χ4v) is 3.29. The maximum absolute atomic E-state index is 10.2. The molecule has 1 aliphatic rings. The number of allylic oxidation sites excluding steroid dienone is 7. The number of hydrogen-bond acceptors (Lipinski definition) is 4. The van der Waals surface area contributed by atoms with Crippen molar-refractivity contribution in [1.29, 1.82) is 0 Å². The second-order valence-corrected chi connectivity index (χ2v) is 6.98. The van der Waals surface area contributed by atoms with Crippen LogP contribution in [-0.2, 0) is 4.74 Å². The highest BCUT2D eigenvalue weighted by atomic mass is 16.5. The molecule has 0 heterocycles. The summed E-state index contributed by atoms with van der Waals surface area (Å²) in [4.78, 5) is 4.30. The molecule has 0 bridgehead atoms. The zero-order chi connectivity index (χ0) is 20.6. The molecule has 29 heavy (non-hydrogen) atoms. The molecule has 0 amide bonds. The molecule has 1 unspecified atom stereocenters. The van der Waals surface area contributed by atoms with Gasteiger partial charge in [0.25, 0.3) is 0 Å². The lowest BCUT2D eigenvalue weighted by Gasteiger charge is -2.23. The van der Waals surface area contributed by atoms with Gasteiger partial charge in [-0.1, -0.05) is 76.8 Å². The second-order valence-electron chi connectivity index (χ2n) is 6.98. The molecule has 0 saturated carbocycles. The summed E-state index contributed by atoms with van der Waals surface area (Å²) >= 11 is 0. The van der Waals surface area contributed by atoms with Gasteiger partial charge in [-0.05, 0) is 30.6 Å². The van der Waals surface area contributed by atoms with Gasteiger partial charge in [0.2, 0.25) is 0 Å². The highest BCUT2D eigenvalue weighted by Gasteiger charge is 2.23. The third-order valence-electron chi connectivity index (χ3n) is 4.64. The Labute approximate surface area is 176 Å². The van der Waals surface area contributed by atoms with Crippen LogP contribution in [0.1, 0.15) is 58.8 Å². The van der Waals surface area contributed by atoms with Crippen LogP contribution in [0, 0.1) is 5.92 Å². The molecular weight excluding hydrogens is 366 g/mol. The fourth-order valence-electron chi connectivity index (χ4n) is 3.29. The molecule has 0 aromatic carbocycles. The Bertz CT molecular complexity index is 614. The van der Waals surface area contributed by atoms with E-state index in [1.807, 2.05) is 18.2 Å². The average Bonchev–Trinajstić information content (AvgIpc) is 2.68. The van der Waals surface area contributed by atoms with Crippen LogP contribution in [0.15, 0.2) is 64.9 Å². The van der Waals surface area contributed by atoms with Crippen molar-refractivity contribution in [3.8, 4) is 0 Å². The lowest BCUT2D eigenvalue weighted by atomic mass is 9.84. The van der Waals surface area contributed by atoms with Crippen LogP contribution >= 0.6 is 0 Å². The van der Waals surface area contributed by atoms with Gasteiger partial charge < -0.3 is 20.4 Å². The first-order chi connectivity index (χ1) is 13.7. The van der Waals surface area contributed by atoms with Gasteiger partial charge in [0.1, 0.15) is 12.5 Å². The Morgan fingerprint density at radius 3 is 2.62 bits per heavy atom. The summed E-state index contributed by atoms with van der Waals surface area (Å²) in [5.41, 5.74) is 2.52. The molecule has 4 N–H and O–H groups in total. The van der Waals surface area contributed by atoms with Crippen molar-refractivity contribution in [2.24, 2.45) is 10.9 Å². The van der Waals surface area contributed by atoms with Crippen LogP contribution in [-0.4, -0.2) is 41.3 Å². The van der Waals surface area contributed by atoms with Crippen molar-refractivity contribution in [3.05, 3.63) is 59.9 Å². The molecule has 0 aliphatic heterocycles. The van der Waals surface area contributed by atoms with Crippen molar-refractivity contribution in [2.75, 3.05) is 19.9 Å². The van der Waals surface area contributed by atoms with Crippen LogP contribution in [0.4, 0.5) is 0 Å². The Kier molecular flexibility index (Phi) is 15.8. The average molecular weight is 406 g/mol. The summed E-state index contributed by atoms with van der Waals surface area (Å²) < 4.78 is 5.69. The third kappa shape index (κ3) is 10.4. The minimum Gasteiger partial charge on any atom is -0.508 e. The summed E-state index contributed by atoms with van der Waals surface area (Å²) in [6, 6.07) is 0. The smallest absolute Gasteiger partial charge is 0.134 e. The summed E-state index contributed by atoms with van der Waals surface area (Å²) in [5.74, 6) is 0.232. The van der Waals surface area contributed by atoms with Crippen LogP contribution in [0.25, 0.3) is 0 Å². The summed E-state index contributed by atoms with van der Waals surface area (Å²) in [6.45, 7) is 9.16. The molecule has 0 radical (unpaired) electrons. The minimum absolute atomic E-state index is 0. The van der Waals surface area contributed by atoms with E-state index in [-0.39, 0.29) is 23.9 Å². The molecule has 1 atom stereocenters. The summed E-state index contributed by atoms with van der Waals surface area (Å²) in [6.07, 6.45) is 19.0. The maximum atomic E-state index is 10.2. The molecule has 164 valence electrons. The molecule has 0 aromatic rings. The first-order valence-electron chi connectivity index (χ1n) is 10.5. The van der Waals surface area contributed by atoms with Crippen molar-refractivity contribution in [3.63, 3.8) is 0 Å². The Balaban J connectivity index is 0.00000784. The zero-order valence-electron chi connectivity index (χ0n) is 18.1. The Morgan fingerprint density at radius 1 is 1.21 bits per heavy atom. The molecule has 0 spiro atoms. The van der Waals surface area contributed by atoms with Crippen LogP contribution in [0.2, 0.25) is 0 Å².